The van der Waals surface area contributed by atoms with Crippen LogP contribution in [0.3, 0.4) is 0 Å². The molecule has 0 heterocycles. The molecule has 0 amide bonds. The Morgan fingerprint density at radius 2 is 2.06 bits per heavy atom. The summed E-state index contributed by atoms with van der Waals surface area (Å²) in [7, 11) is 0. The molecule has 2 nitrogen and oxygen atoms in total. The highest BCUT2D eigenvalue weighted by molar-refractivity contribution is 5.44. The topological polar surface area (TPSA) is 49.8 Å². The fourth-order valence-corrected chi connectivity index (χ4v) is 2.42. The molecule has 3 heteroatoms. The summed E-state index contributed by atoms with van der Waals surface area (Å²) >= 11 is 0. The second-order valence-electron chi connectivity index (χ2n) is 5.02. The van der Waals surface area contributed by atoms with Crippen LogP contribution in [0.2, 0.25) is 0 Å². The third kappa shape index (κ3) is 1.73. The maximum atomic E-state index is 14.0. The van der Waals surface area contributed by atoms with E-state index in [1.165, 1.54) is 0 Å². The van der Waals surface area contributed by atoms with Crippen molar-refractivity contribution in [1.82, 2.24) is 0 Å². The van der Waals surface area contributed by atoms with Gasteiger partial charge in [-0.05, 0) is 36.7 Å². The van der Waals surface area contributed by atoms with Gasteiger partial charge in [0.2, 0.25) is 0 Å². The van der Waals surface area contributed by atoms with Crippen molar-refractivity contribution in [3.63, 3.8) is 0 Å². The van der Waals surface area contributed by atoms with Crippen LogP contribution >= 0.6 is 0 Å². The Kier molecular flexibility index (Phi) is 2.75. The Morgan fingerprint density at radius 3 is 2.50 bits per heavy atom. The summed E-state index contributed by atoms with van der Waals surface area (Å²) in [6, 6.07) is 2.05. The van der Waals surface area contributed by atoms with Crippen LogP contribution < -0.4 is 5.73 Å². The van der Waals surface area contributed by atoms with Crippen molar-refractivity contribution in [2.75, 3.05) is 0 Å². The normalized spacial score (nSPS) is 26.3. The summed E-state index contributed by atoms with van der Waals surface area (Å²) in [6.07, 6.45) is 2.78. The quantitative estimate of drug-likeness (QED) is 0.777. The SMILES string of the molecule is CC(C)C1=C(F)C(C#N)CC(C2CC2)=C1N. The second-order valence-corrected chi connectivity index (χ2v) is 5.02. The van der Waals surface area contributed by atoms with E-state index in [9.17, 15) is 4.39 Å². The zero-order chi connectivity index (χ0) is 11.9. The van der Waals surface area contributed by atoms with Gasteiger partial charge in [-0.15, -0.1) is 0 Å². The fourth-order valence-electron chi connectivity index (χ4n) is 2.42. The smallest absolute Gasteiger partial charge is 0.123 e. The van der Waals surface area contributed by atoms with Crippen molar-refractivity contribution in [3.8, 4) is 6.07 Å². The van der Waals surface area contributed by atoms with Gasteiger partial charge in [0.05, 0.1) is 6.07 Å². The van der Waals surface area contributed by atoms with Gasteiger partial charge in [0.25, 0.3) is 0 Å². The predicted molar refractivity (Wildman–Crippen MR) is 60.6 cm³/mol. The zero-order valence-electron chi connectivity index (χ0n) is 9.76. The molecule has 86 valence electrons. The lowest BCUT2D eigenvalue weighted by atomic mass is 9.82. The van der Waals surface area contributed by atoms with Crippen molar-refractivity contribution in [2.45, 2.75) is 33.1 Å². The first kappa shape index (κ1) is 11.2. The van der Waals surface area contributed by atoms with Crippen molar-refractivity contribution in [2.24, 2.45) is 23.5 Å². The van der Waals surface area contributed by atoms with E-state index < -0.39 is 5.92 Å². The molecule has 0 aromatic heterocycles. The lowest BCUT2D eigenvalue weighted by Crippen LogP contribution is -2.21. The standard InChI is InChI=1S/C13H17FN2/c1-7(2)11-12(14)9(6-15)5-10(13(11)16)8-3-4-8/h7-9H,3-5,16H2,1-2H3. The molecule has 1 saturated carbocycles. The van der Waals surface area contributed by atoms with Gasteiger partial charge in [-0.25, -0.2) is 4.39 Å². The molecule has 0 radical (unpaired) electrons. The van der Waals surface area contributed by atoms with Gasteiger partial charge >= 0.3 is 0 Å². The summed E-state index contributed by atoms with van der Waals surface area (Å²) in [5.74, 6) is -0.359. The number of hydrogen-bond acceptors (Lipinski definition) is 2. The van der Waals surface area contributed by atoms with Crippen LogP contribution in [-0.2, 0) is 0 Å². The summed E-state index contributed by atoms with van der Waals surface area (Å²) in [6.45, 7) is 3.85. The molecule has 2 aliphatic carbocycles. The average molecular weight is 220 g/mol. The Morgan fingerprint density at radius 1 is 1.44 bits per heavy atom. The molecule has 0 aliphatic heterocycles. The van der Waals surface area contributed by atoms with Crippen molar-refractivity contribution in [3.05, 3.63) is 22.7 Å². The van der Waals surface area contributed by atoms with Crippen molar-refractivity contribution in [1.29, 1.82) is 5.26 Å². The van der Waals surface area contributed by atoms with E-state index in [0.29, 0.717) is 23.6 Å². The van der Waals surface area contributed by atoms with E-state index in [1.54, 1.807) is 0 Å². The van der Waals surface area contributed by atoms with E-state index in [0.717, 1.165) is 18.4 Å². The zero-order valence-corrected chi connectivity index (χ0v) is 9.76. The van der Waals surface area contributed by atoms with Crippen molar-refractivity contribution >= 4 is 0 Å². The Balaban J connectivity index is 2.45. The monoisotopic (exact) mass is 220 g/mol. The van der Waals surface area contributed by atoms with E-state index >= 15 is 0 Å². The molecule has 0 spiro atoms. The van der Waals surface area contributed by atoms with Crippen LogP contribution in [0.25, 0.3) is 0 Å². The minimum absolute atomic E-state index is 0.0462. The molecule has 0 aromatic rings. The van der Waals surface area contributed by atoms with Gasteiger partial charge in [-0.1, -0.05) is 13.8 Å². The lowest BCUT2D eigenvalue weighted by Gasteiger charge is -2.25. The van der Waals surface area contributed by atoms with Gasteiger partial charge in [-0.3, -0.25) is 0 Å². The number of allylic oxidation sites excluding steroid dienone is 3. The number of nitrogens with zero attached hydrogens (tertiary/aromatic N) is 1. The number of rotatable bonds is 2. The molecule has 1 unspecified atom stereocenters. The van der Waals surface area contributed by atoms with Gasteiger partial charge in [0.1, 0.15) is 11.7 Å². The molecule has 2 N–H and O–H groups in total. The molecule has 1 atom stereocenters. The van der Waals surface area contributed by atoms with Crippen LogP contribution in [0.1, 0.15) is 33.1 Å². The molecule has 1 fully saturated rings. The van der Waals surface area contributed by atoms with Gasteiger partial charge in [0, 0.05) is 11.3 Å². The predicted octanol–water partition coefficient (Wildman–Crippen LogP) is 3.03. The third-order valence-corrected chi connectivity index (χ3v) is 3.43. The van der Waals surface area contributed by atoms with Crippen LogP contribution in [0.15, 0.2) is 22.7 Å². The highest BCUT2D eigenvalue weighted by Gasteiger charge is 2.36. The molecule has 16 heavy (non-hydrogen) atoms. The third-order valence-electron chi connectivity index (χ3n) is 3.43. The minimum Gasteiger partial charge on any atom is -0.398 e. The molecule has 0 bridgehead atoms. The molecular weight excluding hydrogens is 203 g/mol. The second kappa shape index (κ2) is 3.93. The number of nitriles is 1. The highest BCUT2D eigenvalue weighted by atomic mass is 19.1. The first-order valence-corrected chi connectivity index (χ1v) is 5.84. The highest BCUT2D eigenvalue weighted by Crippen LogP contribution is 2.46. The van der Waals surface area contributed by atoms with E-state index in [4.69, 9.17) is 11.0 Å². The number of hydrogen-bond donors (Lipinski definition) is 1. The van der Waals surface area contributed by atoms with E-state index in [-0.39, 0.29) is 11.7 Å². The Bertz CT molecular complexity index is 408. The van der Waals surface area contributed by atoms with E-state index in [2.05, 4.69) is 0 Å². The average Bonchev–Trinajstić information content (AvgIpc) is 3.01. The van der Waals surface area contributed by atoms with Crippen LogP contribution in [0.4, 0.5) is 4.39 Å². The molecule has 2 rings (SSSR count). The Labute approximate surface area is 95.6 Å². The maximum absolute atomic E-state index is 14.0. The Hall–Kier alpha value is -1.30. The first-order chi connectivity index (χ1) is 7.56. The van der Waals surface area contributed by atoms with Crippen LogP contribution in [0.5, 0.6) is 0 Å². The van der Waals surface area contributed by atoms with Gasteiger partial charge in [0.15, 0.2) is 0 Å². The first-order valence-electron chi connectivity index (χ1n) is 5.84. The number of halogens is 1. The van der Waals surface area contributed by atoms with Gasteiger partial charge in [-0.2, -0.15) is 5.26 Å². The van der Waals surface area contributed by atoms with Gasteiger partial charge < -0.3 is 5.73 Å². The molecule has 0 saturated heterocycles. The van der Waals surface area contributed by atoms with Crippen LogP contribution in [0, 0.1) is 29.1 Å². The molecule has 0 aromatic carbocycles. The summed E-state index contributed by atoms with van der Waals surface area (Å²) in [5, 5.41) is 8.98. The lowest BCUT2D eigenvalue weighted by molar-refractivity contribution is 0.482. The number of nitrogens with two attached hydrogens (primary N) is 1. The largest absolute Gasteiger partial charge is 0.398 e. The summed E-state index contributed by atoms with van der Waals surface area (Å²) in [5.41, 5.74) is 8.36. The van der Waals surface area contributed by atoms with Crippen molar-refractivity contribution < 1.29 is 4.39 Å². The van der Waals surface area contributed by atoms with E-state index in [1.807, 2.05) is 19.9 Å². The summed E-state index contributed by atoms with van der Waals surface area (Å²) < 4.78 is 14.0. The van der Waals surface area contributed by atoms with Crippen LogP contribution in [-0.4, -0.2) is 0 Å². The minimum atomic E-state index is -0.611. The maximum Gasteiger partial charge on any atom is 0.123 e. The fraction of sp³-hybridized carbons (Fsp3) is 0.615. The summed E-state index contributed by atoms with van der Waals surface area (Å²) in [4.78, 5) is 0. The molecular formula is C13H17FN2. The molecule has 2 aliphatic rings.